The molecule has 0 radical (unpaired) electrons. The fourth-order valence-corrected chi connectivity index (χ4v) is 1.92. The van der Waals surface area contributed by atoms with E-state index in [0.29, 0.717) is 11.5 Å². The van der Waals surface area contributed by atoms with E-state index in [1.165, 1.54) is 19.0 Å². The summed E-state index contributed by atoms with van der Waals surface area (Å²) < 4.78 is 1.82. The minimum atomic E-state index is -0.411. The van der Waals surface area contributed by atoms with Gasteiger partial charge in [0.1, 0.15) is 0 Å². The summed E-state index contributed by atoms with van der Waals surface area (Å²) in [6, 6.07) is 0. The number of nitrogens with two attached hydrogens (primary N) is 1. The molecule has 2 rings (SSSR count). The molecule has 0 aromatic carbocycles. The molecule has 0 bridgehead atoms. The number of nitrogens with one attached hydrogen (secondary N) is 1. The molecule has 1 aromatic rings. The molecular formula is C10H16N4O. The Morgan fingerprint density at radius 2 is 2.33 bits per heavy atom. The van der Waals surface area contributed by atoms with Crippen LogP contribution >= 0.6 is 0 Å². The molecule has 2 heterocycles. The van der Waals surface area contributed by atoms with E-state index in [4.69, 9.17) is 5.73 Å². The van der Waals surface area contributed by atoms with Crippen LogP contribution in [0.4, 0.5) is 0 Å². The lowest BCUT2D eigenvalue weighted by atomic mass is 9.98. The lowest BCUT2D eigenvalue weighted by molar-refractivity contribution is 0.1000. The van der Waals surface area contributed by atoms with Crippen molar-refractivity contribution >= 4 is 5.91 Å². The Labute approximate surface area is 88.6 Å². The molecular weight excluding hydrogens is 192 g/mol. The third-order valence-electron chi connectivity index (χ3n) is 2.82. The molecule has 5 heteroatoms. The number of carbonyl (C=O) groups is 1. The van der Waals surface area contributed by atoms with Crippen LogP contribution in [0.2, 0.25) is 0 Å². The Morgan fingerprint density at radius 3 is 2.93 bits per heavy atom. The van der Waals surface area contributed by atoms with E-state index in [9.17, 15) is 4.79 Å². The van der Waals surface area contributed by atoms with Gasteiger partial charge in [0, 0.05) is 12.7 Å². The van der Waals surface area contributed by atoms with Gasteiger partial charge < -0.3 is 11.1 Å². The van der Waals surface area contributed by atoms with Gasteiger partial charge in [-0.05, 0) is 31.8 Å². The Balaban J connectivity index is 1.94. The van der Waals surface area contributed by atoms with Gasteiger partial charge in [-0.3, -0.25) is 9.48 Å². The predicted molar refractivity (Wildman–Crippen MR) is 56.3 cm³/mol. The Morgan fingerprint density at radius 1 is 1.60 bits per heavy atom. The number of hydrogen-bond acceptors (Lipinski definition) is 3. The summed E-state index contributed by atoms with van der Waals surface area (Å²) >= 11 is 0. The lowest BCUT2D eigenvalue weighted by Crippen LogP contribution is -2.30. The van der Waals surface area contributed by atoms with Crippen molar-refractivity contribution in [3.63, 3.8) is 0 Å². The van der Waals surface area contributed by atoms with Crippen molar-refractivity contribution in [2.45, 2.75) is 19.4 Å². The van der Waals surface area contributed by atoms with Gasteiger partial charge in [0.15, 0.2) is 0 Å². The molecule has 1 aliphatic rings. The first-order chi connectivity index (χ1) is 7.25. The number of hydrogen-bond donors (Lipinski definition) is 2. The van der Waals surface area contributed by atoms with Gasteiger partial charge >= 0.3 is 0 Å². The zero-order valence-electron chi connectivity index (χ0n) is 8.65. The summed E-state index contributed by atoms with van der Waals surface area (Å²) in [5.41, 5.74) is 5.65. The fraction of sp³-hybridized carbons (Fsp3) is 0.600. The zero-order valence-corrected chi connectivity index (χ0v) is 8.65. The summed E-state index contributed by atoms with van der Waals surface area (Å²) in [5, 5.41) is 7.45. The number of rotatable bonds is 3. The number of nitrogens with zero attached hydrogens (tertiary/aromatic N) is 2. The molecule has 0 unspecified atom stereocenters. The van der Waals surface area contributed by atoms with Crippen LogP contribution in [-0.4, -0.2) is 28.8 Å². The molecule has 1 fully saturated rings. The van der Waals surface area contributed by atoms with Gasteiger partial charge in [-0.25, -0.2) is 0 Å². The van der Waals surface area contributed by atoms with Gasteiger partial charge in [-0.1, -0.05) is 0 Å². The monoisotopic (exact) mass is 208 g/mol. The summed E-state index contributed by atoms with van der Waals surface area (Å²) in [7, 11) is 0. The van der Waals surface area contributed by atoms with E-state index < -0.39 is 5.91 Å². The highest BCUT2D eigenvalue weighted by Crippen LogP contribution is 2.13. The topological polar surface area (TPSA) is 72.9 Å². The third kappa shape index (κ3) is 2.56. The van der Waals surface area contributed by atoms with Crippen LogP contribution in [0.25, 0.3) is 0 Å². The standard InChI is InChI=1S/C10H16N4O/c11-10(15)9-5-13-14(7-9)6-8-1-3-12-4-2-8/h5,7-8,12H,1-4,6H2,(H2,11,15). The van der Waals surface area contributed by atoms with Gasteiger partial charge in [-0.2, -0.15) is 5.10 Å². The highest BCUT2D eigenvalue weighted by Gasteiger charge is 2.14. The maximum atomic E-state index is 10.9. The largest absolute Gasteiger partial charge is 0.366 e. The van der Waals surface area contributed by atoms with E-state index in [-0.39, 0.29) is 0 Å². The van der Waals surface area contributed by atoms with Crippen LogP contribution in [0.3, 0.4) is 0 Å². The van der Waals surface area contributed by atoms with Gasteiger partial charge in [0.05, 0.1) is 11.8 Å². The van der Waals surface area contributed by atoms with Crippen LogP contribution in [0.15, 0.2) is 12.4 Å². The molecule has 15 heavy (non-hydrogen) atoms. The van der Waals surface area contributed by atoms with Crippen molar-refractivity contribution in [1.82, 2.24) is 15.1 Å². The van der Waals surface area contributed by atoms with Crippen LogP contribution in [0, 0.1) is 5.92 Å². The maximum absolute atomic E-state index is 10.9. The van der Waals surface area contributed by atoms with Crippen molar-refractivity contribution in [3.05, 3.63) is 18.0 Å². The number of aromatic nitrogens is 2. The molecule has 1 aliphatic heterocycles. The molecule has 0 saturated carbocycles. The summed E-state index contributed by atoms with van der Waals surface area (Å²) in [4.78, 5) is 10.9. The summed E-state index contributed by atoms with van der Waals surface area (Å²) in [5.74, 6) is 0.249. The number of primary amides is 1. The van der Waals surface area contributed by atoms with Crippen LogP contribution < -0.4 is 11.1 Å². The Hall–Kier alpha value is -1.36. The van der Waals surface area contributed by atoms with E-state index in [0.717, 1.165) is 19.6 Å². The second kappa shape index (κ2) is 4.44. The smallest absolute Gasteiger partial charge is 0.251 e. The lowest BCUT2D eigenvalue weighted by Gasteiger charge is -2.22. The first-order valence-corrected chi connectivity index (χ1v) is 5.28. The summed E-state index contributed by atoms with van der Waals surface area (Å²) in [6.07, 6.45) is 5.60. The van der Waals surface area contributed by atoms with E-state index in [1.54, 1.807) is 6.20 Å². The first kappa shape index (κ1) is 10.2. The number of amides is 1. The van der Waals surface area contributed by atoms with Crippen LogP contribution in [0.1, 0.15) is 23.2 Å². The minimum absolute atomic E-state index is 0.411. The highest BCUT2D eigenvalue weighted by atomic mass is 16.1. The van der Waals surface area contributed by atoms with Gasteiger partial charge in [0.25, 0.3) is 5.91 Å². The molecule has 0 atom stereocenters. The van der Waals surface area contributed by atoms with Gasteiger partial charge in [-0.15, -0.1) is 0 Å². The van der Waals surface area contributed by atoms with Crippen molar-refractivity contribution in [1.29, 1.82) is 0 Å². The van der Waals surface area contributed by atoms with Crippen LogP contribution in [-0.2, 0) is 6.54 Å². The average molecular weight is 208 g/mol. The van der Waals surface area contributed by atoms with E-state index >= 15 is 0 Å². The van der Waals surface area contributed by atoms with Crippen molar-refractivity contribution in [2.24, 2.45) is 11.7 Å². The quantitative estimate of drug-likeness (QED) is 0.733. The summed E-state index contributed by atoms with van der Waals surface area (Å²) in [6.45, 7) is 3.04. The van der Waals surface area contributed by atoms with Crippen molar-refractivity contribution in [3.8, 4) is 0 Å². The van der Waals surface area contributed by atoms with E-state index in [1.807, 2.05) is 4.68 Å². The molecule has 3 N–H and O–H groups in total. The normalized spacial score (nSPS) is 17.9. The molecule has 0 spiro atoms. The third-order valence-corrected chi connectivity index (χ3v) is 2.82. The second-order valence-electron chi connectivity index (χ2n) is 4.01. The molecule has 5 nitrogen and oxygen atoms in total. The van der Waals surface area contributed by atoms with E-state index in [2.05, 4.69) is 10.4 Å². The first-order valence-electron chi connectivity index (χ1n) is 5.28. The number of piperidine rings is 1. The maximum Gasteiger partial charge on any atom is 0.251 e. The van der Waals surface area contributed by atoms with Crippen molar-refractivity contribution < 1.29 is 4.79 Å². The molecule has 1 aromatic heterocycles. The molecule has 1 amide bonds. The predicted octanol–water partition coefficient (Wildman–Crippen LogP) is -0.0184. The Kier molecular flexibility index (Phi) is 3.01. The minimum Gasteiger partial charge on any atom is -0.366 e. The van der Waals surface area contributed by atoms with Gasteiger partial charge in [0.2, 0.25) is 0 Å². The zero-order chi connectivity index (χ0) is 10.7. The fourth-order valence-electron chi connectivity index (χ4n) is 1.92. The average Bonchev–Trinajstić information content (AvgIpc) is 2.68. The highest BCUT2D eigenvalue weighted by molar-refractivity contribution is 5.92. The molecule has 1 saturated heterocycles. The van der Waals surface area contributed by atoms with Crippen molar-refractivity contribution in [2.75, 3.05) is 13.1 Å². The SMILES string of the molecule is NC(=O)c1cnn(CC2CCNCC2)c1. The van der Waals surface area contributed by atoms with Crippen LogP contribution in [0.5, 0.6) is 0 Å². The molecule has 0 aliphatic carbocycles. The number of carbonyl (C=O) groups excluding carboxylic acids is 1. The molecule has 82 valence electrons. The second-order valence-corrected chi connectivity index (χ2v) is 4.01. The Bertz CT molecular complexity index is 341.